The molecular weight excluding hydrogens is 292 g/mol. The van der Waals surface area contributed by atoms with E-state index in [1.54, 1.807) is 6.20 Å². The van der Waals surface area contributed by atoms with Gasteiger partial charge in [0.25, 0.3) is 0 Å². The molecule has 1 aliphatic rings. The van der Waals surface area contributed by atoms with E-state index in [1.807, 2.05) is 42.5 Å². The van der Waals surface area contributed by atoms with Crippen molar-refractivity contribution in [2.75, 3.05) is 10.6 Å². The van der Waals surface area contributed by atoms with Gasteiger partial charge in [0.1, 0.15) is 0 Å². The summed E-state index contributed by atoms with van der Waals surface area (Å²) in [6.07, 6.45) is 1.87. The molecule has 2 heterocycles. The second-order valence-corrected chi connectivity index (χ2v) is 5.55. The molecule has 0 spiro atoms. The van der Waals surface area contributed by atoms with Crippen LogP contribution >= 0.6 is 0 Å². The minimum atomic E-state index is -0.489. The van der Waals surface area contributed by atoms with Crippen LogP contribution in [0.1, 0.15) is 17.9 Å². The SMILES string of the molecule is O=C1CC(C(=O)Nc2ccc3cn[nH]c3c2)c2ccccc2N1. The van der Waals surface area contributed by atoms with Gasteiger partial charge in [0.05, 0.1) is 17.6 Å². The van der Waals surface area contributed by atoms with Gasteiger partial charge < -0.3 is 10.6 Å². The topological polar surface area (TPSA) is 86.9 Å². The van der Waals surface area contributed by atoms with Gasteiger partial charge in [0.15, 0.2) is 0 Å². The number of carbonyl (C=O) groups excluding carboxylic acids is 2. The average molecular weight is 306 g/mol. The fourth-order valence-electron chi connectivity index (χ4n) is 2.89. The second-order valence-electron chi connectivity index (χ2n) is 5.55. The molecule has 6 nitrogen and oxygen atoms in total. The summed E-state index contributed by atoms with van der Waals surface area (Å²) in [5, 5.41) is 13.5. The first-order valence-electron chi connectivity index (χ1n) is 7.33. The fourth-order valence-corrected chi connectivity index (χ4v) is 2.89. The van der Waals surface area contributed by atoms with E-state index in [2.05, 4.69) is 20.8 Å². The van der Waals surface area contributed by atoms with Crippen molar-refractivity contribution in [3.63, 3.8) is 0 Å². The Morgan fingerprint density at radius 1 is 1.22 bits per heavy atom. The first-order chi connectivity index (χ1) is 11.2. The van der Waals surface area contributed by atoms with Crippen LogP contribution in [0.15, 0.2) is 48.7 Å². The van der Waals surface area contributed by atoms with Crippen LogP contribution in [0.3, 0.4) is 0 Å². The summed E-state index contributed by atoms with van der Waals surface area (Å²) in [7, 11) is 0. The van der Waals surface area contributed by atoms with E-state index >= 15 is 0 Å². The number of benzene rings is 2. The predicted octanol–water partition coefficient (Wildman–Crippen LogP) is 2.63. The number of nitrogens with zero attached hydrogens (tertiary/aromatic N) is 1. The van der Waals surface area contributed by atoms with Gasteiger partial charge in [0.2, 0.25) is 11.8 Å². The molecule has 2 aromatic carbocycles. The van der Waals surface area contributed by atoms with E-state index < -0.39 is 5.92 Å². The lowest BCUT2D eigenvalue weighted by atomic mass is 9.90. The molecule has 3 aromatic rings. The van der Waals surface area contributed by atoms with Crippen LogP contribution in [0.5, 0.6) is 0 Å². The van der Waals surface area contributed by atoms with E-state index in [4.69, 9.17) is 0 Å². The quantitative estimate of drug-likeness (QED) is 0.680. The number of aromatic nitrogens is 2. The molecule has 0 fully saturated rings. The van der Waals surface area contributed by atoms with E-state index in [9.17, 15) is 9.59 Å². The van der Waals surface area contributed by atoms with Crippen molar-refractivity contribution in [3.8, 4) is 0 Å². The molecule has 114 valence electrons. The largest absolute Gasteiger partial charge is 0.326 e. The zero-order chi connectivity index (χ0) is 15.8. The number of carbonyl (C=O) groups is 2. The average Bonchev–Trinajstić information content (AvgIpc) is 3.01. The number of fused-ring (bicyclic) bond motifs is 2. The lowest BCUT2D eigenvalue weighted by Crippen LogP contribution is -2.30. The summed E-state index contributed by atoms with van der Waals surface area (Å²) in [5.74, 6) is -0.823. The standard InChI is InChI=1S/C17H14N4O2/c22-16-8-13(12-3-1-2-4-14(12)20-16)17(23)19-11-6-5-10-9-18-21-15(10)7-11/h1-7,9,13H,8H2,(H,18,21)(H,19,23)(H,20,22). The van der Waals surface area contributed by atoms with Gasteiger partial charge >= 0.3 is 0 Å². The van der Waals surface area contributed by atoms with Crippen LogP contribution in [0.2, 0.25) is 0 Å². The van der Waals surface area contributed by atoms with Gasteiger partial charge in [0, 0.05) is 23.2 Å². The van der Waals surface area contributed by atoms with Crippen molar-refractivity contribution in [3.05, 3.63) is 54.2 Å². The number of hydrogen-bond acceptors (Lipinski definition) is 3. The molecule has 0 bridgehead atoms. The lowest BCUT2D eigenvalue weighted by Gasteiger charge is -2.24. The summed E-state index contributed by atoms with van der Waals surface area (Å²) in [4.78, 5) is 24.5. The Kier molecular flexibility index (Phi) is 3.08. The van der Waals surface area contributed by atoms with E-state index in [-0.39, 0.29) is 18.2 Å². The summed E-state index contributed by atoms with van der Waals surface area (Å²) in [6.45, 7) is 0. The third-order valence-corrected chi connectivity index (χ3v) is 4.03. The predicted molar refractivity (Wildman–Crippen MR) is 87.2 cm³/mol. The van der Waals surface area contributed by atoms with Crippen LogP contribution < -0.4 is 10.6 Å². The Bertz CT molecular complexity index is 916. The van der Waals surface area contributed by atoms with Crippen LogP contribution in [0.4, 0.5) is 11.4 Å². The minimum Gasteiger partial charge on any atom is -0.326 e. The molecule has 0 saturated carbocycles. The molecule has 1 aliphatic heterocycles. The maximum atomic E-state index is 12.6. The van der Waals surface area contributed by atoms with Crippen molar-refractivity contribution >= 4 is 34.1 Å². The number of aromatic amines is 1. The molecule has 1 atom stereocenters. The summed E-state index contributed by atoms with van der Waals surface area (Å²) in [6, 6.07) is 12.9. The zero-order valence-corrected chi connectivity index (χ0v) is 12.2. The van der Waals surface area contributed by atoms with Crippen molar-refractivity contribution < 1.29 is 9.59 Å². The first-order valence-corrected chi connectivity index (χ1v) is 7.33. The lowest BCUT2D eigenvalue weighted by molar-refractivity contribution is -0.123. The first kappa shape index (κ1) is 13.5. The highest BCUT2D eigenvalue weighted by Gasteiger charge is 2.30. The number of rotatable bonds is 2. The molecule has 3 N–H and O–H groups in total. The van der Waals surface area contributed by atoms with E-state index in [0.29, 0.717) is 11.4 Å². The third-order valence-electron chi connectivity index (χ3n) is 4.03. The van der Waals surface area contributed by atoms with E-state index in [1.165, 1.54) is 0 Å². The van der Waals surface area contributed by atoms with Crippen molar-refractivity contribution in [1.29, 1.82) is 0 Å². The van der Waals surface area contributed by atoms with Crippen LogP contribution in [-0.4, -0.2) is 22.0 Å². The molecule has 4 rings (SSSR count). The Morgan fingerprint density at radius 2 is 2.09 bits per heavy atom. The van der Waals surface area contributed by atoms with Gasteiger partial charge in [-0.3, -0.25) is 14.7 Å². The second kappa shape index (κ2) is 5.24. The zero-order valence-electron chi connectivity index (χ0n) is 12.2. The molecule has 1 aromatic heterocycles. The van der Waals surface area contributed by atoms with E-state index in [0.717, 1.165) is 16.5 Å². The van der Waals surface area contributed by atoms with Gasteiger partial charge in [-0.25, -0.2) is 0 Å². The number of nitrogens with one attached hydrogen (secondary N) is 3. The number of amides is 2. The summed E-state index contributed by atoms with van der Waals surface area (Å²) in [5.41, 5.74) is 3.07. The smallest absolute Gasteiger partial charge is 0.232 e. The van der Waals surface area contributed by atoms with Crippen molar-refractivity contribution in [1.82, 2.24) is 10.2 Å². The van der Waals surface area contributed by atoms with Crippen molar-refractivity contribution in [2.45, 2.75) is 12.3 Å². The van der Waals surface area contributed by atoms with Gasteiger partial charge in [-0.15, -0.1) is 0 Å². The highest BCUT2D eigenvalue weighted by molar-refractivity contribution is 6.05. The third kappa shape index (κ3) is 2.44. The number of anilines is 2. The molecule has 0 radical (unpaired) electrons. The molecule has 0 aliphatic carbocycles. The molecule has 6 heteroatoms. The number of hydrogen-bond donors (Lipinski definition) is 3. The molecular formula is C17H14N4O2. The molecule has 2 amide bonds. The minimum absolute atomic E-state index is 0.145. The molecule has 1 unspecified atom stereocenters. The Labute approximate surface area is 131 Å². The normalized spacial score (nSPS) is 16.7. The van der Waals surface area contributed by atoms with Crippen LogP contribution in [0, 0.1) is 0 Å². The monoisotopic (exact) mass is 306 g/mol. The summed E-state index contributed by atoms with van der Waals surface area (Å²) >= 11 is 0. The Balaban J connectivity index is 1.62. The van der Waals surface area contributed by atoms with Gasteiger partial charge in [-0.2, -0.15) is 5.10 Å². The fraction of sp³-hybridized carbons (Fsp3) is 0.118. The van der Waals surface area contributed by atoms with Crippen LogP contribution in [-0.2, 0) is 9.59 Å². The highest BCUT2D eigenvalue weighted by Crippen LogP contribution is 2.33. The highest BCUT2D eigenvalue weighted by atomic mass is 16.2. The van der Waals surface area contributed by atoms with Crippen molar-refractivity contribution in [2.24, 2.45) is 0 Å². The number of para-hydroxylation sites is 1. The van der Waals surface area contributed by atoms with Crippen LogP contribution in [0.25, 0.3) is 10.9 Å². The Hall–Kier alpha value is -3.15. The number of H-pyrrole nitrogens is 1. The van der Waals surface area contributed by atoms with Gasteiger partial charge in [-0.1, -0.05) is 18.2 Å². The molecule has 23 heavy (non-hydrogen) atoms. The summed E-state index contributed by atoms with van der Waals surface area (Å²) < 4.78 is 0. The molecule has 0 saturated heterocycles. The Morgan fingerprint density at radius 3 is 3.00 bits per heavy atom. The van der Waals surface area contributed by atoms with Gasteiger partial charge in [-0.05, 0) is 29.8 Å². The maximum absolute atomic E-state index is 12.6. The maximum Gasteiger partial charge on any atom is 0.232 e.